The Hall–Kier alpha value is -4.62. The normalized spacial score (nSPS) is 16.6. The number of aryl methyl sites for hydroxylation is 1. The number of pyridine rings is 1. The maximum absolute atomic E-state index is 15.1. The first-order chi connectivity index (χ1) is 19.9. The zero-order chi connectivity index (χ0) is 28.5. The van der Waals surface area contributed by atoms with E-state index in [0.717, 1.165) is 11.1 Å². The summed E-state index contributed by atoms with van der Waals surface area (Å²) in [5.74, 6) is 0.244. The van der Waals surface area contributed by atoms with Crippen LogP contribution in [0.15, 0.2) is 48.8 Å². The van der Waals surface area contributed by atoms with Gasteiger partial charge in [0.15, 0.2) is 23.8 Å². The van der Waals surface area contributed by atoms with Crippen LogP contribution < -0.4 is 19.5 Å². The van der Waals surface area contributed by atoms with Gasteiger partial charge in [-0.15, -0.1) is 11.3 Å². The average molecular weight is 578 g/mol. The second-order valence-corrected chi connectivity index (χ2v) is 10.2. The Morgan fingerprint density at radius 2 is 1.83 bits per heavy atom. The molecular formula is C28H24FN5O6S. The molecule has 0 unspecified atom stereocenters. The lowest BCUT2D eigenvalue weighted by atomic mass is 10.1. The van der Waals surface area contributed by atoms with Gasteiger partial charge in [-0.25, -0.2) is 29.1 Å². The van der Waals surface area contributed by atoms with Crippen molar-refractivity contribution in [3.05, 3.63) is 60.2 Å². The standard InChI is InChI=1S/C28H24FN5O6S/c1-14-6-16(26-19(7-14)33-25(37-3)11-31-26)27-34-18-8-17(29)20(9-23(18)41-27)39-21-12-38-13-22(21)40-28(35)32-15-4-5-24(36-2)30-10-15/h4-11,21-22H,12-13H2,1-3H3,(H,32,35)/t21-,22+/m1/s1. The van der Waals surface area contributed by atoms with E-state index in [1.807, 2.05) is 19.1 Å². The van der Waals surface area contributed by atoms with Crippen molar-refractivity contribution in [2.45, 2.75) is 19.1 Å². The Bertz CT molecular complexity index is 1750. The Kier molecular flexibility index (Phi) is 7.20. The van der Waals surface area contributed by atoms with Crippen LogP contribution in [0.5, 0.6) is 17.5 Å². The molecule has 2 aromatic carbocycles. The number of amides is 1. The van der Waals surface area contributed by atoms with Crippen molar-refractivity contribution in [1.29, 1.82) is 0 Å². The van der Waals surface area contributed by atoms with E-state index in [1.165, 1.54) is 37.8 Å². The van der Waals surface area contributed by atoms with Gasteiger partial charge in [0.1, 0.15) is 5.01 Å². The first kappa shape index (κ1) is 26.6. The molecule has 1 amide bonds. The van der Waals surface area contributed by atoms with Crippen LogP contribution in [-0.4, -0.2) is 65.7 Å². The van der Waals surface area contributed by atoms with Gasteiger partial charge in [-0.05, 0) is 30.7 Å². The summed E-state index contributed by atoms with van der Waals surface area (Å²) >= 11 is 1.38. The third-order valence-electron chi connectivity index (χ3n) is 6.36. The van der Waals surface area contributed by atoms with E-state index in [-0.39, 0.29) is 19.0 Å². The van der Waals surface area contributed by atoms with Gasteiger partial charge in [-0.2, -0.15) is 0 Å². The molecule has 210 valence electrons. The van der Waals surface area contributed by atoms with Crippen molar-refractivity contribution in [2.24, 2.45) is 0 Å². The van der Waals surface area contributed by atoms with Crippen LogP contribution in [0.3, 0.4) is 0 Å². The lowest BCUT2D eigenvalue weighted by Crippen LogP contribution is -2.35. The summed E-state index contributed by atoms with van der Waals surface area (Å²) in [5.41, 5.74) is 4.01. The first-order valence-electron chi connectivity index (χ1n) is 12.5. The summed E-state index contributed by atoms with van der Waals surface area (Å²) < 4.78 is 43.0. The summed E-state index contributed by atoms with van der Waals surface area (Å²) in [5, 5.41) is 3.26. The molecule has 5 aromatic rings. The minimum absolute atomic E-state index is 0.00944. The summed E-state index contributed by atoms with van der Waals surface area (Å²) in [6, 6.07) is 10.0. The fraction of sp³-hybridized carbons (Fsp3) is 0.250. The van der Waals surface area contributed by atoms with E-state index in [4.69, 9.17) is 23.7 Å². The number of nitrogens with one attached hydrogen (secondary N) is 1. The molecule has 41 heavy (non-hydrogen) atoms. The Labute approximate surface area is 237 Å². The third kappa shape index (κ3) is 5.54. The molecule has 13 heteroatoms. The Morgan fingerprint density at radius 1 is 1.00 bits per heavy atom. The van der Waals surface area contributed by atoms with Crippen LogP contribution in [0.25, 0.3) is 31.8 Å². The zero-order valence-electron chi connectivity index (χ0n) is 22.2. The quantitative estimate of drug-likeness (QED) is 0.277. The largest absolute Gasteiger partial charge is 0.481 e. The van der Waals surface area contributed by atoms with Gasteiger partial charge in [0.2, 0.25) is 11.8 Å². The number of thiazole rings is 1. The molecule has 0 aliphatic carbocycles. The van der Waals surface area contributed by atoms with Gasteiger partial charge in [0.25, 0.3) is 0 Å². The molecule has 3 aromatic heterocycles. The molecule has 0 radical (unpaired) electrons. The van der Waals surface area contributed by atoms with Gasteiger partial charge in [-0.3, -0.25) is 5.32 Å². The number of halogens is 1. The molecule has 1 aliphatic rings. The summed E-state index contributed by atoms with van der Waals surface area (Å²) in [6.07, 6.45) is 0.824. The van der Waals surface area contributed by atoms with Crippen LogP contribution in [0, 0.1) is 12.7 Å². The van der Waals surface area contributed by atoms with Gasteiger partial charge >= 0.3 is 6.09 Å². The number of hydrogen-bond donors (Lipinski definition) is 1. The number of hydrogen-bond acceptors (Lipinski definition) is 11. The predicted octanol–water partition coefficient (Wildman–Crippen LogP) is 5.16. The number of anilines is 1. The van der Waals surface area contributed by atoms with E-state index in [1.54, 1.807) is 24.4 Å². The number of methoxy groups -OCH3 is 2. The van der Waals surface area contributed by atoms with Gasteiger partial charge in [-0.1, -0.05) is 0 Å². The SMILES string of the molecule is COc1ccc(NC(=O)O[C@H]2COC[C@H]2Oc2cc3sc(-c4cc(C)cc5nc(OC)cnc45)nc3cc2F)cn1. The van der Waals surface area contributed by atoms with Crippen LogP contribution >= 0.6 is 11.3 Å². The molecule has 1 N–H and O–H groups in total. The second-order valence-electron chi connectivity index (χ2n) is 9.21. The molecule has 2 atom stereocenters. The second kappa shape index (κ2) is 11.1. The van der Waals surface area contributed by atoms with Crippen molar-refractivity contribution in [3.63, 3.8) is 0 Å². The fourth-order valence-corrected chi connectivity index (χ4v) is 5.40. The van der Waals surface area contributed by atoms with Gasteiger partial charge in [0, 0.05) is 23.8 Å². The number of rotatable bonds is 7. The summed E-state index contributed by atoms with van der Waals surface area (Å²) in [6.45, 7) is 2.20. The summed E-state index contributed by atoms with van der Waals surface area (Å²) in [4.78, 5) is 30.2. The van der Waals surface area contributed by atoms with Crippen molar-refractivity contribution in [1.82, 2.24) is 19.9 Å². The number of benzene rings is 2. The molecule has 1 saturated heterocycles. The number of carbonyl (C=O) groups excluding carboxylic acids is 1. The number of nitrogens with zero attached hydrogens (tertiary/aromatic N) is 4. The van der Waals surface area contributed by atoms with Crippen LogP contribution in [-0.2, 0) is 9.47 Å². The molecule has 6 rings (SSSR count). The molecule has 1 fully saturated rings. The highest BCUT2D eigenvalue weighted by Crippen LogP contribution is 2.37. The number of carbonyl (C=O) groups is 1. The predicted molar refractivity (Wildman–Crippen MR) is 149 cm³/mol. The Balaban J connectivity index is 1.21. The Morgan fingerprint density at radius 3 is 2.61 bits per heavy atom. The minimum Gasteiger partial charge on any atom is -0.481 e. The number of ether oxygens (including phenoxy) is 5. The maximum Gasteiger partial charge on any atom is 0.412 e. The van der Waals surface area contributed by atoms with Crippen molar-refractivity contribution in [2.75, 3.05) is 32.8 Å². The molecule has 11 nitrogen and oxygen atoms in total. The molecule has 1 aliphatic heterocycles. The zero-order valence-corrected chi connectivity index (χ0v) is 23.0. The number of fused-ring (bicyclic) bond motifs is 2. The summed E-state index contributed by atoms with van der Waals surface area (Å²) in [7, 11) is 3.03. The van der Waals surface area contributed by atoms with Crippen LogP contribution in [0.4, 0.5) is 14.9 Å². The van der Waals surface area contributed by atoms with E-state index in [0.29, 0.717) is 43.7 Å². The van der Waals surface area contributed by atoms with E-state index in [2.05, 4.69) is 25.3 Å². The molecule has 0 bridgehead atoms. The average Bonchev–Trinajstić information content (AvgIpc) is 3.58. The van der Waals surface area contributed by atoms with Crippen LogP contribution in [0.1, 0.15) is 5.56 Å². The monoisotopic (exact) mass is 577 g/mol. The third-order valence-corrected chi connectivity index (χ3v) is 7.41. The minimum atomic E-state index is -0.748. The van der Waals surface area contributed by atoms with E-state index in [9.17, 15) is 4.79 Å². The van der Waals surface area contributed by atoms with Gasteiger partial charge < -0.3 is 23.7 Å². The lowest BCUT2D eigenvalue weighted by Gasteiger charge is -2.20. The van der Waals surface area contributed by atoms with Crippen molar-refractivity contribution >= 4 is 44.4 Å². The van der Waals surface area contributed by atoms with E-state index < -0.39 is 24.1 Å². The molecule has 0 saturated carbocycles. The maximum atomic E-state index is 15.1. The van der Waals surface area contributed by atoms with Crippen molar-refractivity contribution in [3.8, 4) is 28.1 Å². The molecule has 4 heterocycles. The highest BCUT2D eigenvalue weighted by molar-refractivity contribution is 7.21. The lowest BCUT2D eigenvalue weighted by molar-refractivity contribution is 0.0498. The van der Waals surface area contributed by atoms with Gasteiger partial charge in [0.05, 0.1) is 66.8 Å². The molecule has 0 spiro atoms. The fourth-order valence-electron chi connectivity index (χ4n) is 4.40. The first-order valence-corrected chi connectivity index (χ1v) is 13.4. The van der Waals surface area contributed by atoms with E-state index >= 15 is 4.39 Å². The molecular weight excluding hydrogens is 553 g/mol. The topological polar surface area (TPSA) is 127 Å². The van der Waals surface area contributed by atoms with Crippen LogP contribution in [0.2, 0.25) is 0 Å². The number of aromatic nitrogens is 4. The highest BCUT2D eigenvalue weighted by atomic mass is 32.1. The van der Waals surface area contributed by atoms with Crippen molar-refractivity contribution < 1.29 is 32.9 Å². The smallest absolute Gasteiger partial charge is 0.412 e. The highest BCUT2D eigenvalue weighted by Gasteiger charge is 2.34.